The first kappa shape index (κ1) is 58.6. The zero-order valence-electron chi connectivity index (χ0n) is 38.8. The van der Waals surface area contributed by atoms with Crippen LogP contribution in [0, 0.1) is 0 Å². The van der Waals surface area contributed by atoms with Crippen molar-refractivity contribution in [2.45, 2.75) is 262 Å². The van der Waals surface area contributed by atoms with Crippen LogP contribution in [-0.2, 0) is 28.9 Å². The number of carbonyl (C=O) groups is 1. The molecule has 1 aliphatic heterocycles. The van der Waals surface area contributed by atoms with Crippen LogP contribution in [0.25, 0.3) is 0 Å². The summed E-state index contributed by atoms with van der Waals surface area (Å²) in [6.45, 7) is 3.21. The molecule has 1 fully saturated rings. The Balaban J connectivity index is 2.56. The van der Waals surface area contributed by atoms with Gasteiger partial charge in [-0.1, -0.05) is 205 Å². The maximum atomic E-state index is 13.1. The van der Waals surface area contributed by atoms with Gasteiger partial charge in [0.25, 0.3) is 0 Å². The number of hydrogen-bond acceptors (Lipinski definition) is 11. The number of hydrogen-bond donors (Lipinski definition) is 7. The van der Waals surface area contributed by atoms with Gasteiger partial charge in [-0.25, -0.2) is 4.18 Å². The van der Waals surface area contributed by atoms with E-state index in [0.717, 1.165) is 38.5 Å². The summed E-state index contributed by atoms with van der Waals surface area (Å²) in [5, 5.41) is 55.2. The second-order valence-corrected chi connectivity index (χ2v) is 18.6. The molecule has 366 valence electrons. The quantitative estimate of drug-likeness (QED) is 0.0174. The first-order valence-electron chi connectivity index (χ1n) is 24.8. The molecule has 13 nitrogen and oxygen atoms in total. The van der Waals surface area contributed by atoms with E-state index in [4.69, 9.17) is 9.47 Å². The fourth-order valence-corrected chi connectivity index (χ4v) is 8.40. The highest BCUT2D eigenvalue weighted by molar-refractivity contribution is 7.80. The number of allylic oxidation sites excluding steroid dienone is 3. The van der Waals surface area contributed by atoms with Crippen LogP contribution in [-0.4, -0.2) is 107 Å². The number of nitrogens with one attached hydrogen (secondary N) is 1. The van der Waals surface area contributed by atoms with Gasteiger partial charge in [0.05, 0.1) is 25.4 Å². The molecule has 0 spiro atoms. The minimum absolute atomic E-state index is 0.240. The SMILES string of the molecule is CCCCCCCCCCCCCCCC/C=C/CC/C=C/C(O)C(COC1OC(CO)C(O)C(OS(=O)(=O)O)C1O)NC(=O)C(O)CCCCCCCCCCCCCCC. The number of ether oxygens (including phenoxy) is 2. The third-order valence-corrected chi connectivity index (χ3v) is 12.3. The second-order valence-electron chi connectivity index (χ2n) is 17.5. The highest BCUT2D eigenvalue weighted by Gasteiger charge is 2.48. The molecule has 1 aliphatic rings. The van der Waals surface area contributed by atoms with Crippen LogP contribution in [0.2, 0.25) is 0 Å². The first-order valence-corrected chi connectivity index (χ1v) is 26.2. The van der Waals surface area contributed by atoms with Crippen molar-refractivity contribution in [2.75, 3.05) is 13.2 Å². The van der Waals surface area contributed by atoms with Gasteiger partial charge in [0.2, 0.25) is 5.91 Å². The van der Waals surface area contributed by atoms with Gasteiger partial charge in [0.1, 0.15) is 30.5 Å². The van der Waals surface area contributed by atoms with Gasteiger partial charge in [0, 0.05) is 0 Å². The minimum Gasteiger partial charge on any atom is -0.394 e. The molecule has 8 unspecified atom stereocenters. The molecule has 0 radical (unpaired) electrons. The molecule has 0 aromatic carbocycles. The lowest BCUT2D eigenvalue weighted by atomic mass is 9.99. The normalized spacial score (nSPS) is 21.2. The molecule has 14 heteroatoms. The molecule has 0 saturated carbocycles. The first-order chi connectivity index (χ1) is 29.9. The van der Waals surface area contributed by atoms with E-state index < -0.39 is 78.5 Å². The summed E-state index contributed by atoms with van der Waals surface area (Å²) in [6.07, 6.45) is 32.6. The summed E-state index contributed by atoms with van der Waals surface area (Å²) < 4.78 is 47.5. The lowest BCUT2D eigenvalue weighted by Gasteiger charge is -2.41. The average Bonchev–Trinajstić information content (AvgIpc) is 3.24. The van der Waals surface area contributed by atoms with Crippen molar-refractivity contribution in [2.24, 2.45) is 0 Å². The highest BCUT2D eigenvalue weighted by atomic mass is 32.3. The lowest BCUT2D eigenvalue weighted by molar-refractivity contribution is -0.298. The van der Waals surface area contributed by atoms with E-state index >= 15 is 0 Å². The maximum absolute atomic E-state index is 13.1. The summed E-state index contributed by atoms with van der Waals surface area (Å²) in [5.74, 6) is -0.710. The molecule has 62 heavy (non-hydrogen) atoms. The van der Waals surface area contributed by atoms with Crippen LogP contribution in [0.3, 0.4) is 0 Å². The van der Waals surface area contributed by atoms with Crippen molar-refractivity contribution in [1.82, 2.24) is 5.32 Å². The van der Waals surface area contributed by atoms with Crippen molar-refractivity contribution in [3.63, 3.8) is 0 Å². The Morgan fingerprint density at radius 1 is 0.645 bits per heavy atom. The molecule has 7 N–H and O–H groups in total. The minimum atomic E-state index is -5.12. The van der Waals surface area contributed by atoms with E-state index in [1.165, 1.54) is 147 Å². The molecule has 0 aromatic rings. The van der Waals surface area contributed by atoms with Crippen LogP contribution >= 0.6 is 0 Å². The van der Waals surface area contributed by atoms with E-state index in [1.807, 2.05) is 0 Å². The molecular weight excluding hydrogens is 815 g/mol. The van der Waals surface area contributed by atoms with Crippen molar-refractivity contribution in [3.05, 3.63) is 24.3 Å². The van der Waals surface area contributed by atoms with Gasteiger partial charge < -0.3 is 40.3 Å². The molecule has 1 heterocycles. The van der Waals surface area contributed by atoms with Crippen molar-refractivity contribution in [3.8, 4) is 0 Å². The maximum Gasteiger partial charge on any atom is 0.397 e. The number of aliphatic hydroxyl groups excluding tert-OH is 5. The molecule has 0 aromatic heterocycles. The number of rotatable bonds is 42. The molecule has 8 atom stereocenters. The van der Waals surface area contributed by atoms with Crippen molar-refractivity contribution >= 4 is 16.3 Å². The molecule has 1 rings (SSSR count). The number of aliphatic hydroxyl groups is 5. The van der Waals surface area contributed by atoms with Gasteiger partial charge in [0.15, 0.2) is 6.29 Å². The smallest absolute Gasteiger partial charge is 0.394 e. The molecular formula is C48H91NO12S. The Morgan fingerprint density at radius 3 is 1.55 bits per heavy atom. The zero-order chi connectivity index (χ0) is 45.7. The molecule has 1 amide bonds. The fraction of sp³-hybridized carbons (Fsp3) is 0.896. The van der Waals surface area contributed by atoms with Crippen molar-refractivity contribution < 1.29 is 57.0 Å². The fourth-order valence-electron chi connectivity index (χ4n) is 7.89. The number of carbonyl (C=O) groups excluding carboxylic acids is 1. The average molecular weight is 906 g/mol. The number of amides is 1. The van der Waals surface area contributed by atoms with Crippen LogP contribution in [0.5, 0.6) is 0 Å². The van der Waals surface area contributed by atoms with Gasteiger partial charge in [-0.15, -0.1) is 0 Å². The number of unbranched alkanes of at least 4 members (excludes halogenated alkanes) is 27. The Kier molecular flexibility index (Phi) is 36.6. The van der Waals surface area contributed by atoms with Gasteiger partial charge in [-0.2, -0.15) is 8.42 Å². The molecule has 0 bridgehead atoms. The van der Waals surface area contributed by atoms with E-state index in [9.17, 15) is 43.3 Å². The van der Waals surface area contributed by atoms with Gasteiger partial charge >= 0.3 is 10.4 Å². The third-order valence-electron chi connectivity index (χ3n) is 11.8. The second kappa shape index (κ2) is 38.8. The predicted molar refractivity (Wildman–Crippen MR) is 247 cm³/mol. The predicted octanol–water partition coefficient (Wildman–Crippen LogP) is 9.08. The Morgan fingerprint density at radius 2 is 1.08 bits per heavy atom. The monoisotopic (exact) mass is 906 g/mol. The van der Waals surface area contributed by atoms with Crippen molar-refractivity contribution in [1.29, 1.82) is 0 Å². The lowest BCUT2D eigenvalue weighted by Crippen LogP contribution is -2.61. The van der Waals surface area contributed by atoms with Crippen LogP contribution in [0.1, 0.15) is 213 Å². The summed E-state index contributed by atoms with van der Waals surface area (Å²) in [7, 11) is -5.12. The van der Waals surface area contributed by atoms with Crippen LogP contribution in [0.4, 0.5) is 0 Å². The largest absolute Gasteiger partial charge is 0.397 e. The third kappa shape index (κ3) is 30.6. The molecule has 0 aliphatic carbocycles. The summed E-state index contributed by atoms with van der Waals surface area (Å²) in [6, 6.07) is -1.13. The summed E-state index contributed by atoms with van der Waals surface area (Å²) >= 11 is 0. The topological polar surface area (TPSA) is 212 Å². The van der Waals surface area contributed by atoms with Crippen LogP contribution in [0.15, 0.2) is 24.3 Å². The van der Waals surface area contributed by atoms with Gasteiger partial charge in [-0.05, 0) is 32.1 Å². The van der Waals surface area contributed by atoms with E-state index in [1.54, 1.807) is 6.08 Å². The Hall–Kier alpha value is -1.46. The van der Waals surface area contributed by atoms with E-state index in [-0.39, 0.29) is 6.42 Å². The summed E-state index contributed by atoms with van der Waals surface area (Å²) in [5.41, 5.74) is 0. The Labute approximate surface area is 376 Å². The Bertz CT molecular complexity index is 1220. The zero-order valence-corrected chi connectivity index (χ0v) is 39.6. The summed E-state index contributed by atoms with van der Waals surface area (Å²) in [4.78, 5) is 13.1. The van der Waals surface area contributed by atoms with E-state index in [2.05, 4.69) is 35.5 Å². The van der Waals surface area contributed by atoms with Crippen LogP contribution < -0.4 is 5.32 Å². The van der Waals surface area contributed by atoms with Gasteiger partial charge in [-0.3, -0.25) is 9.35 Å². The highest BCUT2D eigenvalue weighted by Crippen LogP contribution is 2.26. The molecule has 1 saturated heterocycles. The standard InChI is InChI=1S/C48H91NO12S/c1-3-5-7-9-11-13-15-17-18-19-20-21-22-23-25-26-28-30-32-34-36-41(51)40(39-59-48-45(54)46(61-62(56,57)58)44(53)43(38-50)60-48)49-47(55)42(52)37-35-33-31-29-27-24-16-14-12-10-8-6-4-2/h26,28,34,36,40-46,48,50-54H,3-25,27,29-33,35,37-39H2,1-2H3,(H,49,55)(H,56,57,58)/b28-26+,36-34+. The van der Waals surface area contributed by atoms with E-state index in [0.29, 0.717) is 12.8 Å².